The highest BCUT2D eigenvalue weighted by molar-refractivity contribution is 5.38. The highest BCUT2D eigenvalue weighted by Crippen LogP contribution is 2.33. The summed E-state index contributed by atoms with van der Waals surface area (Å²) in [4.78, 5) is 0. The molecule has 0 amide bonds. The highest BCUT2D eigenvalue weighted by Gasteiger charge is 2.18. The zero-order chi connectivity index (χ0) is 13.0. The second-order valence-electron chi connectivity index (χ2n) is 5.58. The van der Waals surface area contributed by atoms with Crippen LogP contribution in [-0.4, -0.2) is 7.11 Å². The van der Waals surface area contributed by atoms with Gasteiger partial charge in [0.2, 0.25) is 0 Å². The van der Waals surface area contributed by atoms with Gasteiger partial charge in [-0.3, -0.25) is 0 Å². The third-order valence-electron chi connectivity index (χ3n) is 4.15. The Morgan fingerprint density at radius 3 is 2.72 bits per heavy atom. The first kappa shape index (κ1) is 13.4. The third-order valence-corrected chi connectivity index (χ3v) is 4.15. The van der Waals surface area contributed by atoms with Crippen LogP contribution in [0.4, 0.5) is 0 Å². The van der Waals surface area contributed by atoms with Gasteiger partial charge in [0, 0.05) is 11.6 Å². The number of nitrogens with two attached hydrogens (primary N) is 1. The summed E-state index contributed by atoms with van der Waals surface area (Å²) in [6, 6.07) is 6.38. The number of hydrogen-bond donors (Lipinski definition) is 1. The molecule has 100 valence electrons. The average molecular weight is 247 g/mol. The molecule has 1 aromatic carbocycles. The van der Waals surface area contributed by atoms with Crippen LogP contribution >= 0.6 is 0 Å². The molecule has 1 unspecified atom stereocenters. The van der Waals surface area contributed by atoms with Gasteiger partial charge in [0.1, 0.15) is 5.75 Å². The second-order valence-corrected chi connectivity index (χ2v) is 5.58. The first-order valence-corrected chi connectivity index (χ1v) is 7.11. The Kier molecular flexibility index (Phi) is 4.65. The summed E-state index contributed by atoms with van der Waals surface area (Å²) < 4.78 is 5.41. The van der Waals surface area contributed by atoms with E-state index in [1.54, 1.807) is 7.11 Å². The Balaban J connectivity index is 1.98. The van der Waals surface area contributed by atoms with Gasteiger partial charge in [-0.25, -0.2) is 0 Å². The van der Waals surface area contributed by atoms with E-state index in [-0.39, 0.29) is 6.04 Å². The summed E-state index contributed by atoms with van der Waals surface area (Å²) in [5.41, 5.74) is 8.75. The summed E-state index contributed by atoms with van der Waals surface area (Å²) in [6.45, 7) is 2.10. The van der Waals surface area contributed by atoms with Gasteiger partial charge in [-0.05, 0) is 31.7 Å². The van der Waals surface area contributed by atoms with E-state index in [1.165, 1.54) is 37.7 Å². The standard InChI is InChI=1S/C16H25NO/c1-12-7-10-16(18-2)14(11-12)15(17)9-8-13-5-3-4-6-13/h7,10-11,13,15H,3-6,8-9,17H2,1-2H3. The molecular weight excluding hydrogens is 222 g/mol. The maximum absolute atomic E-state index is 6.34. The quantitative estimate of drug-likeness (QED) is 0.854. The fourth-order valence-corrected chi connectivity index (χ4v) is 3.01. The smallest absolute Gasteiger partial charge is 0.123 e. The predicted octanol–water partition coefficient (Wildman–Crippen LogP) is 3.97. The SMILES string of the molecule is COc1ccc(C)cc1C(N)CCC1CCCC1. The Bertz CT molecular complexity index is 383. The van der Waals surface area contributed by atoms with Crippen molar-refractivity contribution in [3.05, 3.63) is 29.3 Å². The lowest BCUT2D eigenvalue weighted by Gasteiger charge is -2.18. The lowest BCUT2D eigenvalue weighted by Crippen LogP contribution is -2.13. The van der Waals surface area contributed by atoms with Gasteiger partial charge in [0.15, 0.2) is 0 Å². The molecule has 1 aliphatic rings. The Hall–Kier alpha value is -1.02. The van der Waals surface area contributed by atoms with Gasteiger partial charge in [-0.1, -0.05) is 43.4 Å². The number of hydrogen-bond acceptors (Lipinski definition) is 2. The van der Waals surface area contributed by atoms with Gasteiger partial charge in [0.25, 0.3) is 0 Å². The van der Waals surface area contributed by atoms with Crippen LogP contribution in [0.2, 0.25) is 0 Å². The Morgan fingerprint density at radius 2 is 2.06 bits per heavy atom. The van der Waals surface area contributed by atoms with Crippen molar-refractivity contribution < 1.29 is 4.74 Å². The minimum atomic E-state index is 0.112. The van der Waals surface area contributed by atoms with Crippen LogP contribution in [0.1, 0.15) is 55.7 Å². The molecule has 1 atom stereocenters. The van der Waals surface area contributed by atoms with Gasteiger partial charge in [-0.2, -0.15) is 0 Å². The molecular formula is C16H25NO. The van der Waals surface area contributed by atoms with Crippen molar-refractivity contribution in [1.82, 2.24) is 0 Å². The minimum Gasteiger partial charge on any atom is -0.496 e. The van der Waals surface area contributed by atoms with Gasteiger partial charge in [-0.15, -0.1) is 0 Å². The van der Waals surface area contributed by atoms with Crippen molar-refractivity contribution in [2.45, 2.75) is 51.5 Å². The molecule has 1 aromatic rings. The molecule has 1 aliphatic carbocycles. The van der Waals surface area contributed by atoms with Crippen LogP contribution in [0, 0.1) is 12.8 Å². The third kappa shape index (κ3) is 3.26. The zero-order valence-electron chi connectivity index (χ0n) is 11.6. The van der Waals surface area contributed by atoms with E-state index in [2.05, 4.69) is 19.1 Å². The molecule has 0 aliphatic heterocycles. The van der Waals surface area contributed by atoms with Gasteiger partial charge in [0.05, 0.1) is 7.11 Å². The summed E-state index contributed by atoms with van der Waals surface area (Å²) in [5.74, 6) is 1.84. The van der Waals surface area contributed by atoms with Crippen molar-refractivity contribution in [3.63, 3.8) is 0 Å². The second kappa shape index (κ2) is 6.24. The van der Waals surface area contributed by atoms with E-state index in [1.807, 2.05) is 6.07 Å². The van der Waals surface area contributed by atoms with Crippen LogP contribution in [0.3, 0.4) is 0 Å². The molecule has 2 heteroatoms. The van der Waals surface area contributed by atoms with Crippen molar-refractivity contribution >= 4 is 0 Å². The van der Waals surface area contributed by atoms with Gasteiger partial charge >= 0.3 is 0 Å². The van der Waals surface area contributed by atoms with Crippen LogP contribution in [0.15, 0.2) is 18.2 Å². The van der Waals surface area contributed by atoms with Crippen LogP contribution in [0.5, 0.6) is 5.75 Å². The molecule has 0 radical (unpaired) electrons. The molecule has 2 rings (SSSR count). The summed E-state index contributed by atoms with van der Waals surface area (Å²) in [7, 11) is 1.72. The van der Waals surface area contributed by atoms with E-state index in [4.69, 9.17) is 10.5 Å². The first-order valence-electron chi connectivity index (χ1n) is 7.11. The van der Waals surface area contributed by atoms with Crippen LogP contribution in [0.25, 0.3) is 0 Å². The normalized spacial score (nSPS) is 17.9. The fourth-order valence-electron chi connectivity index (χ4n) is 3.01. The zero-order valence-corrected chi connectivity index (χ0v) is 11.6. The summed E-state index contributed by atoms with van der Waals surface area (Å²) >= 11 is 0. The minimum absolute atomic E-state index is 0.112. The maximum atomic E-state index is 6.34. The van der Waals surface area contributed by atoms with E-state index in [0.717, 1.165) is 23.7 Å². The van der Waals surface area contributed by atoms with Gasteiger partial charge < -0.3 is 10.5 Å². The molecule has 0 saturated heterocycles. The predicted molar refractivity (Wildman–Crippen MR) is 75.9 cm³/mol. The fraction of sp³-hybridized carbons (Fsp3) is 0.625. The molecule has 2 nitrogen and oxygen atoms in total. The number of rotatable bonds is 5. The molecule has 18 heavy (non-hydrogen) atoms. The molecule has 2 N–H and O–H groups in total. The van der Waals surface area contributed by atoms with Crippen LogP contribution < -0.4 is 10.5 Å². The molecule has 0 heterocycles. The first-order chi connectivity index (χ1) is 8.70. The van der Waals surface area contributed by atoms with E-state index in [0.29, 0.717) is 0 Å². The molecule has 1 fully saturated rings. The maximum Gasteiger partial charge on any atom is 0.123 e. The van der Waals surface area contributed by atoms with Crippen molar-refractivity contribution in [1.29, 1.82) is 0 Å². The van der Waals surface area contributed by atoms with E-state index < -0.39 is 0 Å². The van der Waals surface area contributed by atoms with Crippen LogP contribution in [-0.2, 0) is 0 Å². The highest BCUT2D eigenvalue weighted by atomic mass is 16.5. The Labute approximate surface area is 111 Å². The molecule has 1 saturated carbocycles. The monoisotopic (exact) mass is 247 g/mol. The molecule has 0 bridgehead atoms. The number of aryl methyl sites for hydroxylation is 1. The van der Waals surface area contributed by atoms with Crippen molar-refractivity contribution in [2.75, 3.05) is 7.11 Å². The topological polar surface area (TPSA) is 35.2 Å². The Morgan fingerprint density at radius 1 is 1.33 bits per heavy atom. The molecule has 0 spiro atoms. The van der Waals surface area contributed by atoms with Crippen molar-refractivity contribution in [2.24, 2.45) is 11.7 Å². The number of methoxy groups -OCH3 is 1. The number of benzene rings is 1. The van der Waals surface area contributed by atoms with E-state index >= 15 is 0 Å². The average Bonchev–Trinajstić information content (AvgIpc) is 2.89. The van der Waals surface area contributed by atoms with E-state index in [9.17, 15) is 0 Å². The number of ether oxygens (including phenoxy) is 1. The summed E-state index contributed by atoms with van der Waals surface area (Å²) in [5, 5.41) is 0. The summed E-state index contributed by atoms with van der Waals surface area (Å²) in [6.07, 6.45) is 7.96. The molecule has 0 aromatic heterocycles. The lowest BCUT2D eigenvalue weighted by atomic mass is 9.94. The van der Waals surface area contributed by atoms with Crippen molar-refractivity contribution in [3.8, 4) is 5.75 Å². The largest absolute Gasteiger partial charge is 0.496 e. The lowest BCUT2D eigenvalue weighted by molar-refractivity contribution is 0.397.